The van der Waals surface area contributed by atoms with Gasteiger partial charge >= 0.3 is 0 Å². The van der Waals surface area contributed by atoms with Crippen LogP contribution in [0.4, 0.5) is 5.82 Å². The lowest BCUT2D eigenvalue weighted by Gasteiger charge is -2.18. The molecule has 1 aromatic heterocycles. The van der Waals surface area contributed by atoms with Gasteiger partial charge in [0.15, 0.2) is 0 Å². The predicted octanol–water partition coefficient (Wildman–Crippen LogP) is 2.20. The van der Waals surface area contributed by atoms with Gasteiger partial charge < -0.3 is 10.2 Å². The van der Waals surface area contributed by atoms with Gasteiger partial charge in [-0.25, -0.2) is 4.98 Å². The lowest BCUT2D eigenvalue weighted by Crippen LogP contribution is -2.23. The molecule has 15 heavy (non-hydrogen) atoms. The zero-order valence-corrected chi connectivity index (χ0v) is 11.1. The molecular formula is C11H18BrN3. The molecule has 0 atom stereocenters. The van der Waals surface area contributed by atoms with Gasteiger partial charge in [-0.2, -0.15) is 0 Å². The Morgan fingerprint density at radius 3 is 2.87 bits per heavy atom. The van der Waals surface area contributed by atoms with Crippen LogP contribution in [0.5, 0.6) is 0 Å². The van der Waals surface area contributed by atoms with E-state index < -0.39 is 0 Å². The standard InChI is InChI=1S/C11H18BrN3/c1-9-7-11(14-8-10(9)12)15(3)6-4-5-13-2/h7-8,13H,4-6H2,1-3H3. The minimum Gasteiger partial charge on any atom is -0.360 e. The van der Waals surface area contributed by atoms with Gasteiger partial charge in [0.05, 0.1) is 0 Å². The number of pyridine rings is 1. The highest BCUT2D eigenvalue weighted by Crippen LogP contribution is 2.19. The van der Waals surface area contributed by atoms with Crippen molar-refractivity contribution in [3.8, 4) is 0 Å². The van der Waals surface area contributed by atoms with Crippen LogP contribution in [0.2, 0.25) is 0 Å². The van der Waals surface area contributed by atoms with Crippen LogP contribution in [-0.2, 0) is 0 Å². The van der Waals surface area contributed by atoms with Crippen molar-refractivity contribution in [2.75, 3.05) is 32.1 Å². The molecular weight excluding hydrogens is 254 g/mol. The summed E-state index contributed by atoms with van der Waals surface area (Å²) in [5, 5.41) is 3.14. The number of nitrogens with one attached hydrogen (secondary N) is 1. The third-order valence-electron chi connectivity index (χ3n) is 2.34. The molecule has 0 aliphatic heterocycles. The number of rotatable bonds is 5. The Bertz CT molecular complexity index is 315. The van der Waals surface area contributed by atoms with Crippen molar-refractivity contribution in [1.82, 2.24) is 10.3 Å². The molecule has 1 N–H and O–H groups in total. The van der Waals surface area contributed by atoms with E-state index in [1.165, 1.54) is 5.56 Å². The SMILES string of the molecule is CNCCCN(C)c1cc(C)c(Br)cn1. The summed E-state index contributed by atoms with van der Waals surface area (Å²) in [5.74, 6) is 1.03. The van der Waals surface area contributed by atoms with E-state index in [1.54, 1.807) is 0 Å². The van der Waals surface area contributed by atoms with Gasteiger partial charge in [-0.3, -0.25) is 0 Å². The lowest BCUT2D eigenvalue weighted by atomic mass is 10.3. The monoisotopic (exact) mass is 271 g/mol. The normalized spacial score (nSPS) is 10.4. The van der Waals surface area contributed by atoms with Crippen LogP contribution in [0, 0.1) is 6.92 Å². The van der Waals surface area contributed by atoms with Crippen molar-refractivity contribution in [3.05, 3.63) is 22.3 Å². The highest BCUT2D eigenvalue weighted by atomic mass is 79.9. The molecule has 0 spiro atoms. The first-order chi connectivity index (χ1) is 7.15. The number of hydrogen-bond donors (Lipinski definition) is 1. The van der Waals surface area contributed by atoms with Crippen LogP contribution in [0.15, 0.2) is 16.7 Å². The van der Waals surface area contributed by atoms with E-state index in [1.807, 2.05) is 13.2 Å². The van der Waals surface area contributed by atoms with Gasteiger partial charge in [-0.1, -0.05) is 0 Å². The third-order valence-corrected chi connectivity index (χ3v) is 3.17. The van der Waals surface area contributed by atoms with Crippen LogP contribution in [0.25, 0.3) is 0 Å². The number of hydrogen-bond acceptors (Lipinski definition) is 3. The molecule has 0 saturated carbocycles. The number of nitrogens with zero attached hydrogens (tertiary/aromatic N) is 2. The fourth-order valence-corrected chi connectivity index (χ4v) is 1.56. The fourth-order valence-electron chi connectivity index (χ4n) is 1.34. The lowest BCUT2D eigenvalue weighted by molar-refractivity contribution is 0.709. The average molecular weight is 272 g/mol. The zero-order chi connectivity index (χ0) is 11.3. The molecule has 0 radical (unpaired) electrons. The molecule has 0 fully saturated rings. The second-order valence-corrected chi connectivity index (χ2v) is 4.52. The average Bonchev–Trinajstić information content (AvgIpc) is 2.22. The van der Waals surface area contributed by atoms with Gasteiger partial charge in [0, 0.05) is 24.3 Å². The maximum atomic E-state index is 4.38. The Hall–Kier alpha value is -0.610. The van der Waals surface area contributed by atoms with Crippen LogP contribution in [0.3, 0.4) is 0 Å². The van der Waals surface area contributed by atoms with Crippen molar-refractivity contribution < 1.29 is 0 Å². The first-order valence-corrected chi connectivity index (χ1v) is 5.92. The topological polar surface area (TPSA) is 28.2 Å². The van der Waals surface area contributed by atoms with E-state index in [-0.39, 0.29) is 0 Å². The molecule has 1 aromatic rings. The third kappa shape index (κ3) is 3.80. The minimum atomic E-state index is 1.02. The van der Waals surface area contributed by atoms with E-state index in [2.05, 4.69) is 51.2 Å². The number of halogens is 1. The largest absolute Gasteiger partial charge is 0.360 e. The fraction of sp³-hybridized carbons (Fsp3) is 0.545. The second kappa shape index (κ2) is 6.08. The van der Waals surface area contributed by atoms with Gasteiger partial charge in [0.25, 0.3) is 0 Å². The molecule has 4 heteroatoms. The van der Waals surface area contributed by atoms with Gasteiger partial charge in [0.2, 0.25) is 0 Å². The summed E-state index contributed by atoms with van der Waals surface area (Å²) in [7, 11) is 4.05. The summed E-state index contributed by atoms with van der Waals surface area (Å²) >= 11 is 3.45. The first kappa shape index (κ1) is 12.5. The molecule has 84 valence electrons. The summed E-state index contributed by atoms with van der Waals surface area (Å²) < 4.78 is 1.06. The molecule has 3 nitrogen and oxygen atoms in total. The first-order valence-electron chi connectivity index (χ1n) is 5.13. The van der Waals surface area contributed by atoms with Crippen LogP contribution >= 0.6 is 15.9 Å². The Balaban J connectivity index is 2.57. The molecule has 1 rings (SSSR count). The van der Waals surface area contributed by atoms with Crippen LogP contribution in [-0.4, -0.2) is 32.2 Å². The van der Waals surface area contributed by atoms with Gasteiger partial charge in [-0.15, -0.1) is 0 Å². The molecule has 0 aliphatic rings. The predicted molar refractivity (Wildman–Crippen MR) is 68.5 cm³/mol. The molecule has 1 heterocycles. The molecule has 0 saturated heterocycles. The van der Waals surface area contributed by atoms with E-state index in [9.17, 15) is 0 Å². The van der Waals surface area contributed by atoms with Crippen molar-refractivity contribution in [2.45, 2.75) is 13.3 Å². The quantitative estimate of drug-likeness (QED) is 0.833. The molecule has 0 aromatic carbocycles. The summed E-state index contributed by atoms with van der Waals surface area (Å²) in [5.41, 5.74) is 1.22. The summed E-state index contributed by atoms with van der Waals surface area (Å²) in [6, 6.07) is 2.10. The second-order valence-electron chi connectivity index (χ2n) is 3.67. The Kier molecular flexibility index (Phi) is 5.05. The summed E-state index contributed by atoms with van der Waals surface area (Å²) in [6.07, 6.45) is 2.99. The maximum Gasteiger partial charge on any atom is 0.128 e. The molecule has 0 bridgehead atoms. The van der Waals surface area contributed by atoms with E-state index in [0.29, 0.717) is 0 Å². The van der Waals surface area contributed by atoms with Crippen molar-refractivity contribution in [3.63, 3.8) is 0 Å². The van der Waals surface area contributed by atoms with Crippen molar-refractivity contribution >= 4 is 21.7 Å². The zero-order valence-electron chi connectivity index (χ0n) is 9.55. The highest BCUT2D eigenvalue weighted by molar-refractivity contribution is 9.10. The van der Waals surface area contributed by atoms with Crippen molar-refractivity contribution in [2.24, 2.45) is 0 Å². The smallest absolute Gasteiger partial charge is 0.128 e. The van der Waals surface area contributed by atoms with Crippen LogP contribution < -0.4 is 10.2 Å². The highest BCUT2D eigenvalue weighted by Gasteiger charge is 2.03. The Morgan fingerprint density at radius 2 is 2.27 bits per heavy atom. The summed E-state index contributed by atoms with van der Waals surface area (Å²) in [6.45, 7) is 4.14. The van der Waals surface area contributed by atoms with Crippen LogP contribution in [0.1, 0.15) is 12.0 Å². The van der Waals surface area contributed by atoms with E-state index in [0.717, 1.165) is 29.8 Å². The number of aryl methyl sites for hydroxylation is 1. The molecule has 0 amide bonds. The van der Waals surface area contributed by atoms with Gasteiger partial charge in [0.1, 0.15) is 5.82 Å². The molecule has 0 unspecified atom stereocenters. The van der Waals surface area contributed by atoms with E-state index in [4.69, 9.17) is 0 Å². The van der Waals surface area contributed by atoms with Crippen molar-refractivity contribution in [1.29, 1.82) is 0 Å². The number of anilines is 1. The Labute approximate surface area is 100 Å². The maximum absolute atomic E-state index is 4.38. The number of aromatic nitrogens is 1. The Morgan fingerprint density at radius 1 is 1.53 bits per heavy atom. The molecule has 0 aliphatic carbocycles. The minimum absolute atomic E-state index is 1.02. The van der Waals surface area contributed by atoms with E-state index >= 15 is 0 Å². The van der Waals surface area contributed by atoms with Gasteiger partial charge in [-0.05, 0) is 54.5 Å². The summed E-state index contributed by atoms with van der Waals surface area (Å²) in [4.78, 5) is 6.55.